The van der Waals surface area contributed by atoms with E-state index < -0.39 is 8.07 Å². The molecular weight excluding hydrogens is 905 g/mol. The van der Waals surface area contributed by atoms with Gasteiger partial charge in [0.15, 0.2) is 0 Å². The number of nitrogens with zero attached hydrogens (tertiary/aromatic N) is 4. The van der Waals surface area contributed by atoms with Crippen LogP contribution in [0.1, 0.15) is 95.4 Å². The number of hydrogen-bond donors (Lipinski definition) is 0. The van der Waals surface area contributed by atoms with Crippen molar-refractivity contribution >= 4 is 46.4 Å². The van der Waals surface area contributed by atoms with Gasteiger partial charge in [0.05, 0.1) is 30.5 Å². The number of pyridine rings is 2. The van der Waals surface area contributed by atoms with E-state index in [2.05, 4.69) is 169 Å². The first-order chi connectivity index (χ1) is 27.2. The molecule has 0 atom stereocenters. The second-order valence-corrected chi connectivity index (χ2v) is 22.7. The summed E-state index contributed by atoms with van der Waals surface area (Å²) < 4.78 is 8.81. The summed E-state index contributed by atoms with van der Waals surface area (Å²) in [5, 5.41) is 3.63. The molecule has 1 radical (unpaired) electrons. The van der Waals surface area contributed by atoms with Gasteiger partial charge in [-0.25, -0.2) is 4.98 Å². The average molecular weight is 961 g/mol. The monoisotopic (exact) mass is 961 g/mol. The summed E-state index contributed by atoms with van der Waals surface area (Å²) in [5.41, 5.74) is 13.0. The van der Waals surface area contributed by atoms with Crippen LogP contribution in [-0.4, -0.2) is 27.6 Å². The van der Waals surface area contributed by atoms with E-state index in [9.17, 15) is 0 Å². The smallest absolute Gasteiger partial charge is 0.216 e. The molecular formula is C51H56IrN4OSi-2. The van der Waals surface area contributed by atoms with Gasteiger partial charge in [0.25, 0.3) is 0 Å². The Balaban J connectivity index is 0.000000230. The fraction of sp³-hybridized carbons (Fsp3) is 0.314. The molecule has 0 spiro atoms. The van der Waals surface area contributed by atoms with E-state index in [1.54, 1.807) is 6.20 Å². The number of benzene rings is 4. The maximum Gasteiger partial charge on any atom is 0.216 e. The SMILES string of the molecule is CC(C)Cc1cc(-c2[c-]cccc2)ncc1[Si](C)(C)C.CC(C)c1cccc(C(C)C)c1-n1c(-c2[c-]cc(C(C)C)c3c2oc2ncccc23)nc2ccccc21.[Ir]. The average Bonchev–Trinajstić information content (AvgIpc) is 3.76. The molecule has 0 bridgehead atoms. The van der Waals surface area contributed by atoms with Crippen LogP contribution in [-0.2, 0) is 26.5 Å². The summed E-state index contributed by atoms with van der Waals surface area (Å²) in [6.07, 6.45) is 5.02. The van der Waals surface area contributed by atoms with Crippen molar-refractivity contribution in [3.63, 3.8) is 0 Å². The Morgan fingerprint density at radius 2 is 1.43 bits per heavy atom. The molecule has 58 heavy (non-hydrogen) atoms. The Morgan fingerprint density at radius 3 is 2.07 bits per heavy atom. The zero-order chi connectivity index (χ0) is 40.6. The number of para-hydroxylation sites is 3. The molecule has 0 aliphatic heterocycles. The normalized spacial score (nSPS) is 11.9. The first kappa shape index (κ1) is 42.9. The molecule has 5 nitrogen and oxygen atoms in total. The summed E-state index contributed by atoms with van der Waals surface area (Å²) in [6.45, 7) is 25.2. The molecule has 0 amide bonds. The number of aromatic nitrogens is 4. The third-order valence-corrected chi connectivity index (χ3v) is 12.8. The van der Waals surface area contributed by atoms with Crippen molar-refractivity contribution in [1.29, 1.82) is 0 Å². The molecule has 0 aliphatic carbocycles. The Morgan fingerprint density at radius 1 is 0.741 bits per heavy atom. The van der Waals surface area contributed by atoms with Gasteiger partial charge in [-0.15, -0.1) is 53.6 Å². The van der Waals surface area contributed by atoms with Crippen molar-refractivity contribution in [2.24, 2.45) is 5.92 Å². The van der Waals surface area contributed by atoms with Gasteiger partial charge in [-0.05, 0) is 70.4 Å². The van der Waals surface area contributed by atoms with Crippen molar-refractivity contribution in [3.05, 3.63) is 138 Å². The Hall–Kier alpha value is -4.68. The minimum Gasteiger partial charge on any atom is -0.486 e. The molecule has 0 saturated heterocycles. The number of hydrogen-bond acceptors (Lipinski definition) is 4. The van der Waals surface area contributed by atoms with Gasteiger partial charge in [-0.1, -0.05) is 134 Å². The van der Waals surface area contributed by atoms with Crippen LogP contribution in [0.3, 0.4) is 0 Å². The van der Waals surface area contributed by atoms with Crippen molar-refractivity contribution in [1.82, 2.24) is 19.5 Å². The van der Waals surface area contributed by atoms with E-state index in [0.29, 0.717) is 29.4 Å². The molecule has 8 rings (SSSR count). The van der Waals surface area contributed by atoms with Crippen molar-refractivity contribution in [2.75, 3.05) is 0 Å². The minimum absolute atomic E-state index is 0. The van der Waals surface area contributed by atoms with Crippen LogP contribution >= 0.6 is 0 Å². The molecule has 4 aromatic heterocycles. The summed E-state index contributed by atoms with van der Waals surface area (Å²) in [4.78, 5) is 14.4. The maximum atomic E-state index is 6.48. The van der Waals surface area contributed by atoms with Crippen LogP contribution in [0.15, 0.2) is 108 Å². The zero-order valence-corrected chi connectivity index (χ0v) is 39.3. The third kappa shape index (κ3) is 8.54. The standard InChI is InChI=1S/C33H32N3O.C18H24NSi.Ir/c1-19(2)22-16-17-26(31-29(22)25-13-10-18-34-33(25)37-31)32-35-27-14-7-8-15-28(27)36(32)30-23(20(3)4)11-9-12-24(30)21(5)6;1-14(2)11-16-12-17(15-9-7-6-8-10-15)19-13-18(16)20(3,4)5;/h7-16,18-21H,1-6H3;6-9,12-14H,11H2,1-5H3;/q2*-1;. The van der Waals surface area contributed by atoms with E-state index in [1.165, 1.54) is 33.1 Å². The van der Waals surface area contributed by atoms with Gasteiger partial charge >= 0.3 is 0 Å². The first-order valence-corrected chi connectivity index (χ1v) is 24.0. The van der Waals surface area contributed by atoms with E-state index >= 15 is 0 Å². The molecule has 0 fully saturated rings. The van der Waals surface area contributed by atoms with Gasteiger partial charge in [0.1, 0.15) is 0 Å². The first-order valence-electron chi connectivity index (χ1n) is 20.5. The molecule has 0 saturated carbocycles. The second-order valence-electron chi connectivity index (χ2n) is 17.6. The molecule has 7 heteroatoms. The van der Waals surface area contributed by atoms with Gasteiger partial charge < -0.3 is 14.0 Å². The van der Waals surface area contributed by atoms with Crippen LogP contribution in [0.25, 0.3) is 61.4 Å². The number of rotatable bonds is 9. The second kappa shape index (κ2) is 17.7. The van der Waals surface area contributed by atoms with Crippen LogP contribution in [0.2, 0.25) is 19.6 Å². The van der Waals surface area contributed by atoms with Gasteiger partial charge in [0, 0.05) is 43.6 Å². The van der Waals surface area contributed by atoms with Crippen LogP contribution in [0.4, 0.5) is 0 Å². The molecule has 0 aliphatic rings. The Labute approximate surface area is 359 Å². The topological polar surface area (TPSA) is 56.7 Å². The molecule has 4 aromatic carbocycles. The number of imidazole rings is 1. The van der Waals surface area contributed by atoms with E-state index in [0.717, 1.165) is 56.5 Å². The predicted molar refractivity (Wildman–Crippen MR) is 243 cm³/mol. The summed E-state index contributed by atoms with van der Waals surface area (Å²) in [5.74, 6) is 2.54. The van der Waals surface area contributed by atoms with Crippen molar-refractivity contribution < 1.29 is 24.5 Å². The maximum absolute atomic E-state index is 6.48. The van der Waals surface area contributed by atoms with Gasteiger partial charge in [-0.2, -0.15) is 0 Å². The fourth-order valence-electron chi connectivity index (χ4n) is 7.98. The van der Waals surface area contributed by atoms with Crippen molar-refractivity contribution in [3.8, 4) is 28.3 Å². The molecule has 0 unspecified atom stereocenters. The molecule has 0 N–H and O–H groups in total. The van der Waals surface area contributed by atoms with Crippen LogP contribution in [0.5, 0.6) is 0 Å². The summed E-state index contributed by atoms with van der Waals surface area (Å²) in [7, 11) is -1.34. The minimum atomic E-state index is -1.34. The van der Waals surface area contributed by atoms with Gasteiger partial charge in [-0.3, -0.25) is 4.98 Å². The fourth-order valence-corrected chi connectivity index (χ4v) is 9.56. The Kier molecular flexibility index (Phi) is 13.1. The van der Waals surface area contributed by atoms with Crippen LogP contribution in [0, 0.1) is 18.1 Å². The largest absolute Gasteiger partial charge is 0.486 e. The van der Waals surface area contributed by atoms with Crippen molar-refractivity contribution in [2.45, 2.75) is 99.2 Å². The number of furan rings is 1. The van der Waals surface area contributed by atoms with E-state index in [1.807, 2.05) is 30.3 Å². The quantitative estimate of drug-likeness (QED) is 0.107. The predicted octanol–water partition coefficient (Wildman–Crippen LogP) is 13.4. The molecule has 301 valence electrons. The van der Waals surface area contributed by atoms with E-state index in [4.69, 9.17) is 9.40 Å². The summed E-state index contributed by atoms with van der Waals surface area (Å²) >= 11 is 0. The third-order valence-electron chi connectivity index (χ3n) is 10.7. The Bertz CT molecular complexity index is 2640. The van der Waals surface area contributed by atoms with Gasteiger partial charge in [0.2, 0.25) is 5.71 Å². The summed E-state index contributed by atoms with van der Waals surface area (Å²) in [6, 6.07) is 38.5. The number of fused-ring (bicyclic) bond motifs is 4. The molecule has 4 heterocycles. The van der Waals surface area contributed by atoms with Crippen LogP contribution < -0.4 is 5.19 Å². The van der Waals surface area contributed by atoms with E-state index in [-0.39, 0.29) is 20.1 Å². The zero-order valence-electron chi connectivity index (χ0n) is 35.9. The molecule has 8 aromatic rings.